The second-order valence-corrected chi connectivity index (χ2v) is 14.5. The summed E-state index contributed by atoms with van der Waals surface area (Å²) in [4.78, 5) is 22.0. The molecule has 6 heteroatoms. The van der Waals surface area contributed by atoms with Crippen molar-refractivity contribution in [1.29, 1.82) is 0 Å². The minimum Gasteiger partial charge on any atom is -0.309 e. The van der Waals surface area contributed by atoms with Crippen molar-refractivity contribution in [2.24, 2.45) is 4.99 Å². The number of fused-ring (bicyclic) bond motifs is 2. The number of carbonyl (C=O) groups excluding carboxylic acids is 1. The molecular formula is C40H40Cl2N2OS. The van der Waals surface area contributed by atoms with Gasteiger partial charge in [-0.25, -0.2) is 4.99 Å². The third kappa shape index (κ3) is 6.72. The highest BCUT2D eigenvalue weighted by Crippen LogP contribution is 2.45. The average molecular weight is 668 g/mol. The van der Waals surface area contributed by atoms with Crippen molar-refractivity contribution in [1.82, 2.24) is 0 Å². The fourth-order valence-electron chi connectivity index (χ4n) is 7.06. The fourth-order valence-corrected chi connectivity index (χ4v) is 8.46. The van der Waals surface area contributed by atoms with Gasteiger partial charge in [0, 0.05) is 44.6 Å². The Hall–Kier alpha value is -3.31. The third-order valence-corrected chi connectivity index (χ3v) is 10.9. The summed E-state index contributed by atoms with van der Waals surface area (Å²) in [5, 5.41) is 4.91. The van der Waals surface area contributed by atoms with Crippen LogP contribution in [0.5, 0.6) is 0 Å². The van der Waals surface area contributed by atoms with Gasteiger partial charge >= 0.3 is 0 Å². The monoisotopic (exact) mass is 666 g/mol. The molecule has 236 valence electrons. The van der Waals surface area contributed by atoms with Crippen LogP contribution < -0.4 is 4.90 Å². The van der Waals surface area contributed by atoms with Crippen molar-refractivity contribution < 1.29 is 4.79 Å². The summed E-state index contributed by atoms with van der Waals surface area (Å²) in [6.45, 7) is 12.7. The number of hydrogen-bond donors (Lipinski definition) is 0. The molecule has 1 amide bonds. The first-order chi connectivity index (χ1) is 22.3. The molecule has 2 atom stereocenters. The number of carbonyl (C=O) groups is 1. The van der Waals surface area contributed by atoms with E-state index in [1.54, 1.807) is 11.8 Å². The van der Waals surface area contributed by atoms with Crippen molar-refractivity contribution in [2.45, 2.75) is 82.1 Å². The summed E-state index contributed by atoms with van der Waals surface area (Å²) in [5.74, 6) is 0.153. The van der Waals surface area contributed by atoms with Gasteiger partial charge in [-0.05, 0) is 115 Å². The van der Waals surface area contributed by atoms with Crippen LogP contribution in [0, 0.1) is 0 Å². The summed E-state index contributed by atoms with van der Waals surface area (Å²) in [6, 6.07) is 21.0. The molecular weight excluding hydrogens is 627 g/mol. The summed E-state index contributed by atoms with van der Waals surface area (Å²) in [7, 11) is 0. The van der Waals surface area contributed by atoms with Crippen LogP contribution in [0.1, 0.15) is 76.7 Å². The van der Waals surface area contributed by atoms with Crippen molar-refractivity contribution in [3.63, 3.8) is 0 Å². The average Bonchev–Trinajstić information content (AvgIpc) is 3.32. The largest absolute Gasteiger partial charge is 0.309 e. The molecule has 1 heterocycles. The highest BCUT2D eigenvalue weighted by atomic mass is 35.5. The van der Waals surface area contributed by atoms with Gasteiger partial charge in [0.15, 0.2) is 0 Å². The van der Waals surface area contributed by atoms with Gasteiger partial charge in [0.1, 0.15) is 0 Å². The smallest absolute Gasteiger partial charge is 0.228 e. The number of hydrogen-bond acceptors (Lipinski definition) is 3. The van der Waals surface area contributed by atoms with E-state index in [1.165, 1.54) is 21.9 Å². The predicted octanol–water partition coefficient (Wildman–Crippen LogP) is 12.1. The standard InChI is InChI=1S/C40H40Cl2N2OS/c1-5-27-23-37(45)44(36-20-18-32(41)24-35(27)36)33-15-9-13-30(14-10-16-33)40(38-25(3)21-28(6-2)39(38)42)43-26(4)46-34-19-17-29-11-7-8-12-31(29)22-34/h5,7-8,11-13,17-20,22,24,27,33H,1,3,6,9-10,14-16,21,23H2,2,4H3. The number of rotatable bonds is 6. The van der Waals surface area contributed by atoms with Crippen molar-refractivity contribution in [3.05, 3.63) is 130 Å². The maximum atomic E-state index is 13.5. The van der Waals surface area contributed by atoms with Gasteiger partial charge in [0.05, 0.1) is 10.7 Å². The van der Waals surface area contributed by atoms with E-state index in [0.717, 1.165) is 88.0 Å². The number of allylic oxidation sites excluding steroid dienone is 7. The van der Waals surface area contributed by atoms with E-state index in [2.05, 4.69) is 75.5 Å². The van der Waals surface area contributed by atoms with Crippen molar-refractivity contribution in [3.8, 4) is 0 Å². The molecule has 46 heavy (non-hydrogen) atoms. The maximum Gasteiger partial charge on any atom is 0.228 e. The zero-order valence-corrected chi connectivity index (χ0v) is 28.9. The molecule has 0 fully saturated rings. The van der Waals surface area contributed by atoms with Crippen LogP contribution in [0.2, 0.25) is 5.02 Å². The van der Waals surface area contributed by atoms with Crippen LogP contribution in [0.15, 0.2) is 129 Å². The fraction of sp³-hybridized carbons (Fsp3) is 0.300. The minimum atomic E-state index is -0.00871. The maximum absolute atomic E-state index is 13.5. The number of nitrogens with zero attached hydrogens (tertiary/aromatic N) is 2. The van der Waals surface area contributed by atoms with E-state index in [1.807, 2.05) is 29.2 Å². The van der Waals surface area contributed by atoms with Crippen molar-refractivity contribution >= 4 is 62.4 Å². The number of benzene rings is 3. The summed E-state index contributed by atoms with van der Waals surface area (Å²) in [5.41, 5.74) is 7.48. The SMILES string of the molecule is C=CC1CC(=O)N(C2CCC=C(C(N=C(C)Sc3ccc4ccccc4c3)=C3C(=C)CC(CC)=C3Cl)CCC2)c2ccc(Cl)cc21. The number of anilines is 1. The molecule has 0 aromatic heterocycles. The zero-order chi connectivity index (χ0) is 32.4. The highest BCUT2D eigenvalue weighted by Gasteiger charge is 2.35. The van der Waals surface area contributed by atoms with E-state index in [-0.39, 0.29) is 17.9 Å². The Balaban J connectivity index is 1.31. The molecule has 3 aliphatic rings. The molecule has 3 aromatic carbocycles. The Kier molecular flexibility index (Phi) is 10.1. The highest BCUT2D eigenvalue weighted by molar-refractivity contribution is 8.13. The van der Waals surface area contributed by atoms with Gasteiger partial charge in [-0.15, -0.1) is 6.58 Å². The van der Waals surface area contributed by atoms with Gasteiger partial charge in [-0.3, -0.25) is 4.79 Å². The third-order valence-electron chi connectivity index (χ3n) is 9.37. The first-order valence-corrected chi connectivity index (χ1v) is 17.8. The number of aliphatic imine (C=N–C) groups is 1. The molecule has 2 aliphatic carbocycles. The topological polar surface area (TPSA) is 32.7 Å². The molecule has 6 rings (SSSR count). The lowest BCUT2D eigenvalue weighted by molar-refractivity contribution is -0.119. The van der Waals surface area contributed by atoms with Gasteiger partial charge < -0.3 is 4.90 Å². The molecule has 0 bridgehead atoms. The molecule has 3 nitrogen and oxygen atoms in total. The predicted molar refractivity (Wildman–Crippen MR) is 198 cm³/mol. The van der Waals surface area contributed by atoms with E-state index in [4.69, 9.17) is 28.2 Å². The number of thioether (sulfide) groups is 1. The van der Waals surface area contributed by atoms with Crippen molar-refractivity contribution in [2.75, 3.05) is 4.90 Å². The Morgan fingerprint density at radius 3 is 2.65 bits per heavy atom. The van der Waals surface area contributed by atoms with Crippen LogP contribution in [0.4, 0.5) is 5.69 Å². The normalized spacial score (nSPS) is 22.0. The number of halogens is 2. The molecule has 1 aliphatic heterocycles. The number of amides is 1. The second kappa shape index (κ2) is 14.2. The van der Waals surface area contributed by atoms with E-state index in [0.29, 0.717) is 11.4 Å². The van der Waals surface area contributed by atoms with E-state index >= 15 is 0 Å². The van der Waals surface area contributed by atoms with Crippen LogP contribution in [-0.4, -0.2) is 17.0 Å². The van der Waals surface area contributed by atoms with Crippen LogP contribution >= 0.6 is 35.0 Å². The Bertz CT molecular complexity index is 1850. The molecule has 0 saturated carbocycles. The quantitative estimate of drug-likeness (QED) is 0.113. The lowest BCUT2D eigenvalue weighted by Crippen LogP contribution is -2.44. The lowest BCUT2D eigenvalue weighted by atomic mass is 9.86. The molecule has 0 spiro atoms. The van der Waals surface area contributed by atoms with Gasteiger partial charge in [0.25, 0.3) is 0 Å². The second-order valence-electron chi connectivity index (χ2n) is 12.4. The van der Waals surface area contributed by atoms with Crippen LogP contribution in [-0.2, 0) is 4.79 Å². The van der Waals surface area contributed by atoms with Crippen LogP contribution in [0.25, 0.3) is 10.8 Å². The lowest BCUT2D eigenvalue weighted by Gasteiger charge is -2.39. The molecule has 0 saturated heterocycles. The van der Waals surface area contributed by atoms with Gasteiger partial charge in [-0.1, -0.05) is 91.0 Å². The Labute approximate surface area is 287 Å². The molecule has 2 unspecified atom stereocenters. The van der Waals surface area contributed by atoms with Gasteiger partial charge in [-0.2, -0.15) is 0 Å². The summed E-state index contributed by atoms with van der Waals surface area (Å²) in [6.07, 6.45) is 10.7. The molecule has 3 aromatic rings. The Morgan fingerprint density at radius 1 is 1.09 bits per heavy atom. The first kappa shape index (κ1) is 32.6. The molecule has 0 N–H and O–H groups in total. The zero-order valence-electron chi connectivity index (χ0n) is 26.6. The van der Waals surface area contributed by atoms with E-state index < -0.39 is 0 Å². The summed E-state index contributed by atoms with van der Waals surface area (Å²) < 4.78 is 0. The summed E-state index contributed by atoms with van der Waals surface area (Å²) >= 11 is 15.1. The Morgan fingerprint density at radius 2 is 1.89 bits per heavy atom. The van der Waals surface area contributed by atoms with Gasteiger partial charge in [0.2, 0.25) is 5.91 Å². The first-order valence-electron chi connectivity index (χ1n) is 16.2. The van der Waals surface area contributed by atoms with Crippen LogP contribution in [0.3, 0.4) is 0 Å². The minimum absolute atomic E-state index is 0.00871. The molecule has 0 radical (unpaired) electrons. The van der Waals surface area contributed by atoms with E-state index in [9.17, 15) is 4.79 Å².